The number of hydrogen-bond donors (Lipinski definition) is 1. The van der Waals surface area contributed by atoms with E-state index in [1.807, 2.05) is 24.3 Å². The molecular formula is C16H26N2O. The molecule has 0 bridgehead atoms. The van der Waals surface area contributed by atoms with Crippen LogP contribution in [0.2, 0.25) is 0 Å². The zero-order chi connectivity index (χ0) is 13.5. The Kier molecular flexibility index (Phi) is 5.52. The first kappa shape index (κ1) is 14.2. The van der Waals surface area contributed by atoms with Crippen LogP contribution in [0.4, 0.5) is 5.69 Å². The Hall–Kier alpha value is -1.22. The van der Waals surface area contributed by atoms with Crippen molar-refractivity contribution >= 4 is 5.69 Å². The highest BCUT2D eigenvalue weighted by Gasteiger charge is 2.21. The maximum absolute atomic E-state index is 5.88. The van der Waals surface area contributed by atoms with E-state index >= 15 is 0 Å². The van der Waals surface area contributed by atoms with Crippen LogP contribution in [0.25, 0.3) is 0 Å². The smallest absolute Gasteiger partial charge is 0.142 e. The SMILES string of the molecule is CCCC1CCCCN1CCOc1ccccc1N. The second-order valence-corrected chi connectivity index (χ2v) is 5.36. The van der Waals surface area contributed by atoms with Crippen molar-refractivity contribution in [3.05, 3.63) is 24.3 Å². The van der Waals surface area contributed by atoms with Crippen LogP contribution in [0.1, 0.15) is 39.0 Å². The number of anilines is 1. The molecule has 1 aromatic rings. The van der Waals surface area contributed by atoms with E-state index in [1.54, 1.807) is 0 Å². The standard InChI is InChI=1S/C16H26N2O/c1-2-7-14-8-5-6-11-18(14)12-13-19-16-10-4-3-9-15(16)17/h3-4,9-10,14H,2,5-8,11-13,17H2,1H3. The second kappa shape index (κ2) is 7.39. The first-order valence-electron chi connectivity index (χ1n) is 7.52. The minimum Gasteiger partial charge on any atom is -0.490 e. The summed E-state index contributed by atoms with van der Waals surface area (Å²) in [7, 11) is 0. The highest BCUT2D eigenvalue weighted by Crippen LogP contribution is 2.22. The van der Waals surface area contributed by atoms with Gasteiger partial charge >= 0.3 is 0 Å². The fourth-order valence-corrected chi connectivity index (χ4v) is 2.90. The Morgan fingerprint density at radius 3 is 2.95 bits per heavy atom. The van der Waals surface area contributed by atoms with Gasteiger partial charge in [-0.05, 0) is 37.9 Å². The summed E-state index contributed by atoms with van der Waals surface area (Å²) in [6.45, 7) is 5.24. The molecule has 0 aliphatic carbocycles. The van der Waals surface area contributed by atoms with Crippen molar-refractivity contribution in [2.24, 2.45) is 0 Å². The van der Waals surface area contributed by atoms with Gasteiger partial charge in [-0.3, -0.25) is 4.90 Å². The largest absolute Gasteiger partial charge is 0.490 e. The third kappa shape index (κ3) is 4.13. The number of nitrogens with two attached hydrogens (primary N) is 1. The van der Waals surface area contributed by atoms with E-state index in [1.165, 1.54) is 38.6 Å². The van der Waals surface area contributed by atoms with Gasteiger partial charge in [0.05, 0.1) is 5.69 Å². The molecule has 1 saturated heterocycles. The Bertz CT molecular complexity index is 379. The van der Waals surface area contributed by atoms with Gasteiger partial charge in [0, 0.05) is 12.6 Å². The van der Waals surface area contributed by atoms with Crippen LogP contribution in [-0.4, -0.2) is 30.6 Å². The molecule has 3 heteroatoms. The summed E-state index contributed by atoms with van der Waals surface area (Å²) in [5.74, 6) is 0.812. The first-order chi connectivity index (χ1) is 9.31. The lowest BCUT2D eigenvalue weighted by Crippen LogP contribution is -2.41. The monoisotopic (exact) mass is 262 g/mol. The third-order valence-corrected chi connectivity index (χ3v) is 3.93. The van der Waals surface area contributed by atoms with Crippen molar-refractivity contribution in [2.75, 3.05) is 25.4 Å². The molecule has 2 rings (SSSR count). The first-order valence-corrected chi connectivity index (χ1v) is 7.52. The number of piperidine rings is 1. The van der Waals surface area contributed by atoms with Crippen molar-refractivity contribution in [3.8, 4) is 5.75 Å². The molecule has 2 N–H and O–H groups in total. The summed E-state index contributed by atoms with van der Waals surface area (Å²) in [5.41, 5.74) is 6.60. The Morgan fingerprint density at radius 1 is 1.32 bits per heavy atom. The van der Waals surface area contributed by atoms with Crippen molar-refractivity contribution in [1.82, 2.24) is 4.90 Å². The van der Waals surface area contributed by atoms with Gasteiger partial charge in [0.25, 0.3) is 0 Å². The maximum atomic E-state index is 5.88. The van der Waals surface area contributed by atoms with E-state index in [4.69, 9.17) is 10.5 Å². The van der Waals surface area contributed by atoms with E-state index in [0.717, 1.165) is 30.6 Å². The van der Waals surface area contributed by atoms with Gasteiger partial charge in [-0.25, -0.2) is 0 Å². The molecule has 1 atom stereocenters. The van der Waals surface area contributed by atoms with Crippen LogP contribution >= 0.6 is 0 Å². The number of para-hydroxylation sites is 2. The Balaban J connectivity index is 1.79. The molecular weight excluding hydrogens is 236 g/mol. The summed E-state index contributed by atoms with van der Waals surface area (Å²) < 4.78 is 5.80. The number of likely N-dealkylation sites (tertiary alicyclic amines) is 1. The van der Waals surface area contributed by atoms with Gasteiger partial charge in [-0.15, -0.1) is 0 Å². The zero-order valence-electron chi connectivity index (χ0n) is 12.0. The van der Waals surface area contributed by atoms with Crippen LogP contribution in [0.3, 0.4) is 0 Å². The van der Waals surface area contributed by atoms with Gasteiger partial charge in [-0.1, -0.05) is 31.9 Å². The number of ether oxygens (including phenoxy) is 1. The van der Waals surface area contributed by atoms with E-state index in [2.05, 4.69) is 11.8 Å². The van der Waals surface area contributed by atoms with Crippen LogP contribution in [0, 0.1) is 0 Å². The van der Waals surface area contributed by atoms with Crippen molar-refractivity contribution in [3.63, 3.8) is 0 Å². The lowest BCUT2D eigenvalue weighted by molar-refractivity contribution is 0.117. The predicted molar refractivity (Wildman–Crippen MR) is 80.5 cm³/mol. The summed E-state index contributed by atoms with van der Waals surface area (Å²) in [6, 6.07) is 8.48. The third-order valence-electron chi connectivity index (χ3n) is 3.93. The normalized spacial score (nSPS) is 20.4. The average Bonchev–Trinajstić information content (AvgIpc) is 2.43. The number of benzene rings is 1. The molecule has 1 aliphatic heterocycles. The fourth-order valence-electron chi connectivity index (χ4n) is 2.90. The van der Waals surface area contributed by atoms with Crippen LogP contribution < -0.4 is 10.5 Å². The van der Waals surface area contributed by atoms with Crippen molar-refractivity contribution in [2.45, 2.75) is 45.1 Å². The van der Waals surface area contributed by atoms with E-state index < -0.39 is 0 Å². The molecule has 0 aromatic heterocycles. The lowest BCUT2D eigenvalue weighted by Gasteiger charge is -2.35. The summed E-state index contributed by atoms with van der Waals surface area (Å²) in [6.07, 6.45) is 6.64. The van der Waals surface area contributed by atoms with E-state index in [0.29, 0.717) is 0 Å². The molecule has 106 valence electrons. The number of nitrogen functional groups attached to an aromatic ring is 1. The molecule has 0 spiro atoms. The van der Waals surface area contributed by atoms with Crippen LogP contribution in [0.5, 0.6) is 5.75 Å². The quantitative estimate of drug-likeness (QED) is 0.799. The molecule has 0 saturated carbocycles. The minimum atomic E-state index is 0.728. The number of rotatable bonds is 6. The molecule has 19 heavy (non-hydrogen) atoms. The molecule has 1 heterocycles. The van der Waals surface area contributed by atoms with E-state index in [9.17, 15) is 0 Å². The summed E-state index contributed by atoms with van der Waals surface area (Å²) in [5, 5.41) is 0. The predicted octanol–water partition coefficient (Wildman–Crippen LogP) is 3.30. The molecule has 0 radical (unpaired) electrons. The van der Waals surface area contributed by atoms with Gasteiger partial charge in [0.2, 0.25) is 0 Å². The summed E-state index contributed by atoms with van der Waals surface area (Å²) >= 11 is 0. The molecule has 1 aromatic carbocycles. The maximum Gasteiger partial charge on any atom is 0.142 e. The number of hydrogen-bond acceptors (Lipinski definition) is 3. The van der Waals surface area contributed by atoms with Crippen molar-refractivity contribution < 1.29 is 4.74 Å². The lowest BCUT2D eigenvalue weighted by atomic mass is 9.98. The highest BCUT2D eigenvalue weighted by molar-refractivity contribution is 5.51. The molecule has 0 amide bonds. The number of nitrogens with zero attached hydrogens (tertiary/aromatic N) is 1. The van der Waals surface area contributed by atoms with Gasteiger partial charge < -0.3 is 10.5 Å². The summed E-state index contributed by atoms with van der Waals surface area (Å²) in [4.78, 5) is 2.59. The van der Waals surface area contributed by atoms with Gasteiger partial charge in [-0.2, -0.15) is 0 Å². The van der Waals surface area contributed by atoms with Crippen molar-refractivity contribution in [1.29, 1.82) is 0 Å². The highest BCUT2D eigenvalue weighted by atomic mass is 16.5. The Labute approximate surface area is 116 Å². The molecule has 3 nitrogen and oxygen atoms in total. The average molecular weight is 262 g/mol. The van der Waals surface area contributed by atoms with Crippen LogP contribution in [0.15, 0.2) is 24.3 Å². The topological polar surface area (TPSA) is 38.5 Å². The second-order valence-electron chi connectivity index (χ2n) is 5.36. The fraction of sp³-hybridized carbons (Fsp3) is 0.625. The molecule has 1 fully saturated rings. The zero-order valence-corrected chi connectivity index (χ0v) is 12.0. The van der Waals surface area contributed by atoms with Gasteiger partial charge in [0.1, 0.15) is 12.4 Å². The van der Waals surface area contributed by atoms with Crippen LogP contribution in [-0.2, 0) is 0 Å². The van der Waals surface area contributed by atoms with E-state index in [-0.39, 0.29) is 0 Å². The minimum absolute atomic E-state index is 0.728. The molecule has 1 unspecified atom stereocenters. The van der Waals surface area contributed by atoms with Gasteiger partial charge in [0.15, 0.2) is 0 Å². The molecule has 1 aliphatic rings. The Morgan fingerprint density at radius 2 is 2.16 bits per heavy atom.